The van der Waals surface area contributed by atoms with Gasteiger partial charge in [0.25, 0.3) is 0 Å². The lowest BCUT2D eigenvalue weighted by Crippen LogP contribution is -2.23. The molecule has 1 aromatic carbocycles. The van der Waals surface area contributed by atoms with Crippen LogP contribution in [0.4, 0.5) is 0 Å². The highest BCUT2D eigenvalue weighted by Crippen LogP contribution is 2.36. The van der Waals surface area contributed by atoms with E-state index in [4.69, 9.17) is 0 Å². The Morgan fingerprint density at radius 3 is 2.81 bits per heavy atom. The third-order valence-electron chi connectivity index (χ3n) is 5.76. The second kappa shape index (κ2) is 6.49. The number of fused-ring (bicyclic) bond motifs is 1. The molecule has 1 N–H and O–H groups in total. The van der Waals surface area contributed by atoms with Gasteiger partial charge in [0.05, 0.1) is 18.2 Å². The van der Waals surface area contributed by atoms with E-state index in [2.05, 4.69) is 43.8 Å². The van der Waals surface area contributed by atoms with Crippen LogP contribution in [-0.4, -0.2) is 43.7 Å². The van der Waals surface area contributed by atoms with Gasteiger partial charge in [-0.25, -0.2) is 4.98 Å². The molecule has 0 amide bonds. The maximum absolute atomic E-state index is 10.6. The number of imidazole rings is 1. The van der Waals surface area contributed by atoms with Gasteiger partial charge >= 0.3 is 0 Å². The van der Waals surface area contributed by atoms with Gasteiger partial charge in [-0.1, -0.05) is 18.2 Å². The average Bonchev–Trinajstić information content (AvgIpc) is 3.30. The van der Waals surface area contributed by atoms with Crippen LogP contribution in [0.5, 0.6) is 0 Å². The zero-order valence-electron chi connectivity index (χ0n) is 14.8. The summed E-state index contributed by atoms with van der Waals surface area (Å²) >= 11 is 0. The van der Waals surface area contributed by atoms with E-state index in [0.717, 1.165) is 37.4 Å². The summed E-state index contributed by atoms with van der Waals surface area (Å²) in [7, 11) is 0. The molecule has 2 aliphatic rings. The van der Waals surface area contributed by atoms with Gasteiger partial charge in [0.2, 0.25) is 0 Å². The zero-order chi connectivity index (χ0) is 17.5. The SMILES string of the molecule is O[C@@H]1CN(Cc2nccn2C2CC2)C[C@H]1Cc1ccnc2ccccc12. The highest BCUT2D eigenvalue weighted by Gasteiger charge is 2.33. The van der Waals surface area contributed by atoms with Gasteiger partial charge in [-0.2, -0.15) is 0 Å². The van der Waals surface area contributed by atoms with Crippen LogP contribution in [0.3, 0.4) is 0 Å². The normalized spacial score (nSPS) is 23.7. The van der Waals surface area contributed by atoms with Gasteiger partial charge < -0.3 is 9.67 Å². The molecule has 2 atom stereocenters. The minimum atomic E-state index is -0.286. The van der Waals surface area contributed by atoms with Crippen LogP contribution in [0.1, 0.15) is 30.3 Å². The lowest BCUT2D eigenvalue weighted by Gasteiger charge is -2.17. The Balaban J connectivity index is 1.30. The number of aliphatic hydroxyl groups is 1. The van der Waals surface area contributed by atoms with Crippen molar-refractivity contribution in [2.75, 3.05) is 13.1 Å². The summed E-state index contributed by atoms with van der Waals surface area (Å²) in [6.07, 6.45) is 9.01. The van der Waals surface area contributed by atoms with Crippen molar-refractivity contribution in [1.29, 1.82) is 0 Å². The van der Waals surface area contributed by atoms with Crippen molar-refractivity contribution in [3.63, 3.8) is 0 Å². The van der Waals surface area contributed by atoms with Gasteiger partial charge in [0.1, 0.15) is 5.82 Å². The van der Waals surface area contributed by atoms with Crippen LogP contribution in [0.15, 0.2) is 48.9 Å². The summed E-state index contributed by atoms with van der Waals surface area (Å²) in [4.78, 5) is 11.3. The summed E-state index contributed by atoms with van der Waals surface area (Å²) in [5.41, 5.74) is 2.31. The van der Waals surface area contributed by atoms with Crippen LogP contribution in [-0.2, 0) is 13.0 Å². The van der Waals surface area contributed by atoms with Crippen molar-refractivity contribution in [2.45, 2.75) is 38.0 Å². The van der Waals surface area contributed by atoms with Crippen LogP contribution in [0.2, 0.25) is 0 Å². The van der Waals surface area contributed by atoms with Crippen molar-refractivity contribution >= 4 is 10.9 Å². The standard InChI is InChI=1S/C21H24N4O/c26-20-13-24(14-21-23-9-10-25(21)17-5-6-17)12-16(20)11-15-7-8-22-19-4-2-1-3-18(15)19/h1-4,7-10,16-17,20,26H,5-6,11-14H2/t16-,20-/m1/s1. The number of pyridine rings is 1. The summed E-state index contributed by atoms with van der Waals surface area (Å²) in [6, 6.07) is 11.0. The number of hydrogen-bond acceptors (Lipinski definition) is 4. The predicted octanol–water partition coefficient (Wildman–Crippen LogP) is 2.80. The monoisotopic (exact) mass is 348 g/mol. The molecule has 134 valence electrons. The van der Waals surface area contributed by atoms with Gasteiger partial charge in [-0.3, -0.25) is 9.88 Å². The number of benzene rings is 1. The second-order valence-electron chi connectivity index (χ2n) is 7.69. The number of rotatable bonds is 5. The van der Waals surface area contributed by atoms with Crippen molar-refractivity contribution in [3.05, 3.63) is 60.3 Å². The van der Waals surface area contributed by atoms with Crippen molar-refractivity contribution in [2.24, 2.45) is 5.92 Å². The molecule has 0 radical (unpaired) electrons. The summed E-state index contributed by atoms with van der Waals surface area (Å²) in [6.45, 7) is 2.47. The maximum atomic E-state index is 10.6. The van der Waals surface area contributed by atoms with Crippen molar-refractivity contribution in [1.82, 2.24) is 19.4 Å². The second-order valence-corrected chi connectivity index (χ2v) is 7.69. The van der Waals surface area contributed by atoms with E-state index in [1.165, 1.54) is 23.8 Å². The third-order valence-corrected chi connectivity index (χ3v) is 5.76. The summed E-state index contributed by atoms with van der Waals surface area (Å²) < 4.78 is 2.32. The Kier molecular flexibility index (Phi) is 3.98. The fraction of sp³-hybridized carbons (Fsp3) is 0.429. The Bertz CT molecular complexity index is 912. The lowest BCUT2D eigenvalue weighted by molar-refractivity contribution is 0.141. The summed E-state index contributed by atoms with van der Waals surface area (Å²) in [5.74, 6) is 1.39. The van der Waals surface area contributed by atoms with E-state index in [1.807, 2.05) is 24.5 Å². The number of hydrogen-bond donors (Lipinski definition) is 1. The number of likely N-dealkylation sites (tertiary alicyclic amines) is 1. The topological polar surface area (TPSA) is 54.2 Å². The molecule has 26 heavy (non-hydrogen) atoms. The molecule has 3 aromatic rings. The minimum absolute atomic E-state index is 0.255. The lowest BCUT2D eigenvalue weighted by atomic mass is 9.94. The third kappa shape index (κ3) is 3.02. The Hall–Kier alpha value is -2.24. The van der Waals surface area contributed by atoms with E-state index < -0.39 is 0 Å². The molecular weight excluding hydrogens is 324 g/mol. The molecule has 1 aliphatic heterocycles. The fourth-order valence-electron chi connectivity index (χ4n) is 4.24. The number of nitrogens with zero attached hydrogens (tertiary/aromatic N) is 4. The fourth-order valence-corrected chi connectivity index (χ4v) is 4.24. The van der Waals surface area contributed by atoms with Crippen LogP contribution < -0.4 is 0 Å². The number of aliphatic hydroxyl groups excluding tert-OH is 1. The largest absolute Gasteiger partial charge is 0.391 e. The van der Waals surface area contributed by atoms with Crippen LogP contribution in [0, 0.1) is 5.92 Å². The van der Waals surface area contributed by atoms with E-state index >= 15 is 0 Å². The van der Waals surface area contributed by atoms with E-state index in [9.17, 15) is 5.11 Å². The van der Waals surface area contributed by atoms with Crippen LogP contribution in [0.25, 0.3) is 10.9 Å². The van der Waals surface area contributed by atoms with Crippen molar-refractivity contribution < 1.29 is 5.11 Å². The van der Waals surface area contributed by atoms with Gasteiger partial charge in [0, 0.05) is 49.0 Å². The van der Waals surface area contributed by atoms with Gasteiger partial charge in [-0.05, 0) is 37.0 Å². The first-order valence-electron chi connectivity index (χ1n) is 9.52. The van der Waals surface area contributed by atoms with E-state index in [-0.39, 0.29) is 12.0 Å². The zero-order valence-corrected chi connectivity index (χ0v) is 14.8. The quantitative estimate of drug-likeness (QED) is 0.770. The maximum Gasteiger partial charge on any atom is 0.123 e. The molecule has 0 unspecified atom stereocenters. The molecule has 5 rings (SSSR count). The number of para-hydroxylation sites is 1. The molecular formula is C21H24N4O. The summed E-state index contributed by atoms with van der Waals surface area (Å²) in [5, 5.41) is 11.8. The highest BCUT2D eigenvalue weighted by atomic mass is 16.3. The Morgan fingerprint density at radius 1 is 1.04 bits per heavy atom. The molecule has 2 fully saturated rings. The van der Waals surface area contributed by atoms with E-state index in [0.29, 0.717) is 6.04 Å². The molecule has 0 spiro atoms. The predicted molar refractivity (Wildman–Crippen MR) is 101 cm³/mol. The highest BCUT2D eigenvalue weighted by molar-refractivity contribution is 5.81. The molecule has 1 aliphatic carbocycles. The molecule has 0 bridgehead atoms. The first-order chi connectivity index (χ1) is 12.8. The average molecular weight is 348 g/mol. The Labute approximate surface area is 153 Å². The number of aromatic nitrogens is 3. The smallest absolute Gasteiger partial charge is 0.123 e. The molecule has 3 heterocycles. The number of β-amino-alcohol motifs (C(OH)–C–C–N with tert-alkyl or cyclic N) is 1. The first kappa shape index (κ1) is 16.0. The molecule has 5 nitrogen and oxygen atoms in total. The van der Waals surface area contributed by atoms with Crippen molar-refractivity contribution in [3.8, 4) is 0 Å². The molecule has 5 heteroatoms. The van der Waals surface area contributed by atoms with Gasteiger partial charge in [0.15, 0.2) is 0 Å². The Morgan fingerprint density at radius 2 is 1.92 bits per heavy atom. The first-order valence-corrected chi connectivity index (χ1v) is 9.52. The van der Waals surface area contributed by atoms with Crippen LogP contribution >= 0.6 is 0 Å². The van der Waals surface area contributed by atoms with Gasteiger partial charge in [-0.15, -0.1) is 0 Å². The molecule has 2 aromatic heterocycles. The molecule has 1 saturated heterocycles. The van der Waals surface area contributed by atoms with E-state index in [1.54, 1.807) is 0 Å². The minimum Gasteiger partial charge on any atom is -0.391 e. The molecule has 1 saturated carbocycles.